The van der Waals surface area contributed by atoms with Crippen molar-refractivity contribution in [2.24, 2.45) is 7.05 Å². The normalized spacial score (nSPS) is 12.1. The van der Waals surface area contributed by atoms with E-state index in [-0.39, 0.29) is 17.7 Å². The first-order chi connectivity index (χ1) is 12.1. The van der Waals surface area contributed by atoms with E-state index in [2.05, 4.69) is 5.32 Å². The van der Waals surface area contributed by atoms with E-state index >= 15 is 0 Å². The smallest absolute Gasteiger partial charge is 0.263 e. The Morgan fingerprint density at radius 1 is 1.12 bits per heavy atom. The van der Waals surface area contributed by atoms with E-state index in [4.69, 9.17) is 0 Å². The number of aromatic nitrogens is 1. The van der Waals surface area contributed by atoms with Gasteiger partial charge in [-0.3, -0.25) is 9.59 Å². The van der Waals surface area contributed by atoms with E-state index in [0.717, 1.165) is 16.3 Å². The van der Waals surface area contributed by atoms with Crippen LogP contribution in [0.4, 0.5) is 0 Å². The van der Waals surface area contributed by atoms with Crippen molar-refractivity contribution < 1.29 is 9.90 Å². The number of amides is 1. The van der Waals surface area contributed by atoms with Gasteiger partial charge in [0.1, 0.15) is 5.56 Å². The van der Waals surface area contributed by atoms with Crippen LogP contribution in [0.1, 0.15) is 28.4 Å². The Morgan fingerprint density at radius 3 is 2.72 bits per heavy atom. The molecule has 3 aromatic rings. The summed E-state index contributed by atoms with van der Waals surface area (Å²) in [4.78, 5) is 24.1. The molecule has 0 unspecified atom stereocenters. The maximum Gasteiger partial charge on any atom is 0.263 e. The predicted octanol–water partition coefficient (Wildman–Crippen LogP) is 2.39. The van der Waals surface area contributed by atoms with Crippen molar-refractivity contribution in [2.45, 2.75) is 12.5 Å². The van der Waals surface area contributed by atoms with Gasteiger partial charge in [-0.1, -0.05) is 42.5 Å². The highest BCUT2D eigenvalue weighted by molar-refractivity contribution is 5.93. The van der Waals surface area contributed by atoms with Gasteiger partial charge in [0, 0.05) is 19.8 Å². The summed E-state index contributed by atoms with van der Waals surface area (Å²) >= 11 is 0. The van der Waals surface area contributed by atoms with Gasteiger partial charge in [0.25, 0.3) is 11.5 Å². The lowest BCUT2D eigenvalue weighted by atomic mass is 9.99. The number of hydrogen-bond donors (Lipinski definition) is 2. The Hall–Kier alpha value is -2.92. The van der Waals surface area contributed by atoms with E-state index in [1.807, 2.05) is 42.5 Å². The van der Waals surface area contributed by atoms with E-state index in [9.17, 15) is 14.7 Å². The summed E-state index contributed by atoms with van der Waals surface area (Å²) in [5.41, 5.74) is 0.599. The molecule has 1 amide bonds. The van der Waals surface area contributed by atoms with Crippen LogP contribution in [-0.2, 0) is 7.05 Å². The fourth-order valence-corrected chi connectivity index (χ4v) is 2.88. The molecule has 5 heteroatoms. The third-order valence-corrected chi connectivity index (χ3v) is 4.25. The molecule has 0 fully saturated rings. The molecule has 0 aliphatic rings. The average molecular weight is 336 g/mol. The minimum Gasteiger partial charge on any atom is -0.388 e. The highest BCUT2D eigenvalue weighted by Crippen LogP contribution is 2.25. The Morgan fingerprint density at radius 2 is 1.88 bits per heavy atom. The summed E-state index contributed by atoms with van der Waals surface area (Å²) in [6.07, 6.45) is 1.28. The van der Waals surface area contributed by atoms with Crippen molar-refractivity contribution in [3.05, 3.63) is 82.3 Å². The van der Waals surface area contributed by atoms with Gasteiger partial charge in [0.15, 0.2) is 0 Å². The summed E-state index contributed by atoms with van der Waals surface area (Å²) in [7, 11) is 1.60. The molecule has 0 radical (unpaired) electrons. The fraction of sp³-hybridized carbons (Fsp3) is 0.200. The highest BCUT2D eigenvalue weighted by atomic mass is 16.3. The van der Waals surface area contributed by atoms with Gasteiger partial charge in [0.05, 0.1) is 6.10 Å². The van der Waals surface area contributed by atoms with Crippen molar-refractivity contribution in [2.75, 3.05) is 6.54 Å². The van der Waals surface area contributed by atoms with Crippen molar-refractivity contribution in [1.29, 1.82) is 0 Å². The molecule has 1 heterocycles. The largest absolute Gasteiger partial charge is 0.388 e. The summed E-state index contributed by atoms with van der Waals surface area (Å²) in [6, 6.07) is 16.8. The molecule has 3 rings (SSSR count). The van der Waals surface area contributed by atoms with Gasteiger partial charge in [-0.05, 0) is 34.9 Å². The van der Waals surface area contributed by atoms with Gasteiger partial charge in [-0.25, -0.2) is 0 Å². The zero-order valence-corrected chi connectivity index (χ0v) is 14.0. The second-order valence-corrected chi connectivity index (χ2v) is 5.97. The lowest BCUT2D eigenvalue weighted by molar-refractivity contribution is 0.0941. The molecule has 0 aliphatic carbocycles. The molecule has 0 spiro atoms. The molecule has 2 aromatic carbocycles. The fourth-order valence-electron chi connectivity index (χ4n) is 2.88. The molecule has 0 saturated heterocycles. The molecular formula is C20H20N2O3. The Bertz CT molecular complexity index is 957. The minimum atomic E-state index is -0.690. The number of nitrogens with zero attached hydrogens (tertiary/aromatic N) is 1. The second kappa shape index (κ2) is 7.32. The Labute approximate surface area is 145 Å². The molecule has 2 N–H and O–H groups in total. The lowest BCUT2D eigenvalue weighted by Crippen LogP contribution is -2.32. The summed E-state index contributed by atoms with van der Waals surface area (Å²) in [5, 5.41) is 15.3. The highest BCUT2D eigenvalue weighted by Gasteiger charge is 2.14. The number of nitrogens with one attached hydrogen (secondary N) is 1. The van der Waals surface area contributed by atoms with Crippen LogP contribution >= 0.6 is 0 Å². The van der Waals surface area contributed by atoms with E-state index in [1.165, 1.54) is 10.6 Å². The second-order valence-electron chi connectivity index (χ2n) is 5.97. The topological polar surface area (TPSA) is 71.3 Å². The molecule has 25 heavy (non-hydrogen) atoms. The number of rotatable bonds is 5. The van der Waals surface area contributed by atoms with Gasteiger partial charge in [-0.2, -0.15) is 0 Å². The molecule has 0 bridgehead atoms. The third-order valence-electron chi connectivity index (χ3n) is 4.25. The molecule has 0 aliphatic heterocycles. The van der Waals surface area contributed by atoms with Crippen LogP contribution in [0, 0.1) is 0 Å². The number of aliphatic hydroxyl groups excluding tert-OH is 1. The standard InChI is InChI=1S/C20H20N2O3/c1-22-13-5-10-17(20(22)25)19(24)21-12-11-18(23)16-9-4-7-14-6-2-3-8-15(14)16/h2-10,13,18,23H,11-12H2,1H3,(H,21,24)/t18-/m1/s1. The first-order valence-electron chi connectivity index (χ1n) is 8.17. The minimum absolute atomic E-state index is 0.102. The summed E-state index contributed by atoms with van der Waals surface area (Å²) in [5.74, 6) is -0.425. The molecule has 1 aromatic heterocycles. The quantitative estimate of drug-likeness (QED) is 0.751. The van der Waals surface area contributed by atoms with Crippen molar-refractivity contribution in [3.8, 4) is 0 Å². The van der Waals surface area contributed by atoms with E-state index < -0.39 is 12.0 Å². The summed E-state index contributed by atoms with van der Waals surface area (Å²) < 4.78 is 1.36. The SMILES string of the molecule is Cn1cccc(C(=O)NCC[C@@H](O)c2cccc3ccccc23)c1=O. The molecular weight excluding hydrogens is 316 g/mol. The molecule has 1 atom stereocenters. The number of aryl methyl sites for hydroxylation is 1. The number of carbonyl (C=O) groups excluding carboxylic acids is 1. The Kier molecular flexibility index (Phi) is 4.95. The zero-order valence-electron chi connectivity index (χ0n) is 14.0. The first-order valence-corrected chi connectivity index (χ1v) is 8.17. The number of fused-ring (bicyclic) bond motifs is 1. The third kappa shape index (κ3) is 3.61. The van der Waals surface area contributed by atoms with Crippen LogP contribution in [0.5, 0.6) is 0 Å². The maximum absolute atomic E-state index is 12.1. The van der Waals surface area contributed by atoms with Crippen LogP contribution in [-0.4, -0.2) is 22.1 Å². The number of hydrogen-bond acceptors (Lipinski definition) is 3. The van der Waals surface area contributed by atoms with Crippen LogP contribution in [0.15, 0.2) is 65.6 Å². The van der Waals surface area contributed by atoms with Gasteiger partial charge in [-0.15, -0.1) is 0 Å². The van der Waals surface area contributed by atoms with E-state index in [1.54, 1.807) is 19.3 Å². The van der Waals surface area contributed by atoms with Crippen LogP contribution in [0.3, 0.4) is 0 Å². The lowest BCUT2D eigenvalue weighted by Gasteiger charge is -2.14. The average Bonchev–Trinajstić information content (AvgIpc) is 2.63. The number of benzene rings is 2. The van der Waals surface area contributed by atoms with Crippen molar-refractivity contribution in [1.82, 2.24) is 9.88 Å². The van der Waals surface area contributed by atoms with Crippen molar-refractivity contribution in [3.63, 3.8) is 0 Å². The molecule has 5 nitrogen and oxygen atoms in total. The maximum atomic E-state index is 12.1. The van der Waals surface area contributed by atoms with Crippen LogP contribution in [0.25, 0.3) is 10.8 Å². The summed E-state index contributed by atoms with van der Waals surface area (Å²) in [6.45, 7) is 0.279. The number of aliphatic hydroxyl groups is 1. The van der Waals surface area contributed by atoms with Gasteiger partial charge < -0.3 is 15.0 Å². The first kappa shape index (κ1) is 16.9. The zero-order chi connectivity index (χ0) is 17.8. The monoisotopic (exact) mass is 336 g/mol. The molecule has 0 saturated carbocycles. The van der Waals surface area contributed by atoms with Gasteiger partial charge in [0.2, 0.25) is 0 Å². The van der Waals surface area contributed by atoms with Crippen LogP contribution in [0.2, 0.25) is 0 Å². The van der Waals surface area contributed by atoms with Gasteiger partial charge >= 0.3 is 0 Å². The Balaban J connectivity index is 1.66. The van der Waals surface area contributed by atoms with Crippen LogP contribution < -0.4 is 10.9 Å². The van der Waals surface area contributed by atoms with E-state index in [0.29, 0.717) is 6.42 Å². The number of pyridine rings is 1. The number of carbonyl (C=O) groups is 1. The molecule has 128 valence electrons. The predicted molar refractivity (Wildman–Crippen MR) is 97.5 cm³/mol. The van der Waals surface area contributed by atoms with Crippen molar-refractivity contribution >= 4 is 16.7 Å².